The van der Waals surface area contributed by atoms with E-state index in [1.807, 2.05) is 12.5 Å². The van der Waals surface area contributed by atoms with E-state index in [4.69, 9.17) is 18.9 Å². The lowest BCUT2D eigenvalue weighted by atomic mass is 9.74. The number of hydrogen-bond donors (Lipinski definition) is 2. The molecule has 4 aliphatic heterocycles. The second-order valence-electron chi connectivity index (χ2n) is 24.0. The molecule has 8 heteroatoms. The largest absolute Gasteiger partial charge is 0.480 e. The third kappa shape index (κ3) is 8.14. The van der Waals surface area contributed by atoms with Crippen molar-refractivity contribution in [3.8, 4) is 23.0 Å². The minimum atomic E-state index is -0.814. The molecule has 4 heterocycles. The molecule has 8 aliphatic rings. The molecule has 2 spiro atoms. The Morgan fingerprint density at radius 1 is 0.481 bits per heavy atom. The van der Waals surface area contributed by atoms with Crippen LogP contribution in [0.25, 0.3) is 0 Å². The summed E-state index contributed by atoms with van der Waals surface area (Å²) in [7, 11) is 4.49. The summed E-state index contributed by atoms with van der Waals surface area (Å²) in [6, 6.07) is 41.3. The highest BCUT2D eigenvalue weighted by Gasteiger charge is 2.53. The summed E-state index contributed by atoms with van der Waals surface area (Å²) in [6.07, 6.45) is 31.6. The van der Waals surface area contributed by atoms with Crippen molar-refractivity contribution in [1.29, 1.82) is 0 Å². The molecule has 4 aliphatic carbocycles. The van der Waals surface area contributed by atoms with Gasteiger partial charge in [0, 0.05) is 111 Å². The van der Waals surface area contributed by atoms with Crippen LogP contribution < -0.4 is 29.9 Å². The van der Waals surface area contributed by atoms with Crippen molar-refractivity contribution >= 4 is 34.1 Å². The summed E-state index contributed by atoms with van der Waals surface area (Å²) < 4.78 is 27.7. The Kier molecular flexibility index (Phi) is 12.0. The van der Waals surface area contributed by atoms with Gasteiger partial charge in [0.15, 0.2) is 11.2 Å². The Morgan fingerprint density at radius 2 is 0.886 bits per heavy atom. The molecule has 0 aromatic heterocycles. The van der Waals surface area contributed by atoms with Gasteiger partial charge < -0.3 is 39.4 Å². The number of ether oxygens (including phenoxy) is 4. The van der Waals surface area contributed by atoms with E-state index in [0.29, 0.717) is 12.1 Å². The van der Waals surface area contributed by atoms with Crippen LogP contribution in [0.15, 0.2) is 180 Å². The summed E-state index contributed by atoms with van der Waals surface area (Å²) >= 11 is 0. The maximum Gasteiger partial charge on any atom is 0.191 e. The zero-order chi connectivity index (χ0) is 53.6. The third-order valence-corrected chi connectivity index (χ3v) is 19.1. The maximum atomic E-state index is 6.96. The van der Waals surface area contributed by atoms with Crippen molar-refractivity contribution in [2.24, 2.45) is 0 Å². The highest BCUT2D eigenvalue weighted by Crippen LogP contribution is 2.61. The maximum absolute atomic E-state index is 6.96. The minimum absolute atomic E-state index is 0.260. The molecule has 2 saturated carbocycles. The number of nitrogens with one attached hydrogen (secondary N) is 2. The smallest absolute Gasteiger partial charge is 0.191 e. The van der Waals surface area contributed by atoms with Crippen molar-refractivity contribution in [2.75, 3.05) is 34.5 Å². The van der Waals surface area contributed by atoms with Crippen LogP contribution >= 0.6 is 0 Å². The van der Waals surface area contributed by atoms with Gasteiger partial charge in [0.1, 0.15) is 23.0 Å². The molecule has 6 aromatic carbocycles. The lowest BCUT2D eigenvalue weighted by Crippen LogP contribution is -2.35. The highest BCUT2D eigenvalue weighted by molar-refractivity contribution is 5.77. The normalized spacial score (nSPS) is 21.5. The zero-order valence-corrected chi connectivity index (χ0v) is 46.7. The predicted octanol–water partition coefficient (Wildman–Crippen LogP) is 18.0. The molecule has 400 valence electrons. The van der Waals surface area contributed by atoms with E-state index in [2.05, 4.69) is 208 Å². The molecule has 0 saturated heterocycles. The summed E-state index contributed by atoms with van der Waals surface area (Å²) in [6.45, 7) is 8.93. The molecule has 2 unspecified atom stereocenters. The number of allylic oxidation sites excluding steroid dienone is 6. The van der Waals surface area contributed by atoms with Gasteiger partial charge in [0.05, 0.1) is 12.5 Å². The van der Waals surface area contributed by atoms with Crippen LogP contribution in [0.1, 0.15) is 135 Å². The second kappa shape index (κ2) is 19.2. The van der Waals surface area contributed by atoms with Gasteiger partial charge in [-0.25, -0.2) is 0 Å². The monoisotopic (exact) mass is 1040 g/mol. The first-order valence-electron chi connectivity index (χ1n) is 29.1. The van der Waals surface area contributed by atoms with Crippen LogP contribution in [0, 0.1) is 13.8 Å². The van der Waals surface area contributed by atoms with Crippen molar-refractivity contribution in [3.63, 3.8) is 0 Å². The van der Waals surface area contributed by atoms with Crippen molar-refractivity contribution in [1.82, 2.24) is 0 Å². The first kappa shape index (κ1) is 49.5. The fourth-order valence-electron chi connectivity index (χ4n) is 14.2. The molecular weight excluding hydrogens is 973 g/mol. The fraction of sp³-hybridized carbons (Fsp3) is 0.324. The first-order valence-corrected chi connectivity index (χ1v) is 29.1. The van der Waals surface area contributed by atoms with Gasteiger partial charge in [0.25, 0.3) is 0 Å². The molecule has 8 nitrogen and oxygen atoms in total. The van der Waals surface area contributed by atoms with E-state index in [1.165, 1.54) is 109 Å². The molecular formula is C71H72N4O4. The number of aryl methyl sites for hydroxylation is 2. The van der Waals surface area contributed by atoms with Crippen LogP contribution in [-0.2, 0) is 26.1 Å². The Bertz CT molecular complexity index is 3390. The van der Waals surface area contributed by atoms with Gasteiger partial charge >= 0.3 is 0 Å². The summed E-state index contributed by atoms with van der Waals surface area (Å²) in [5.74, 6) is 3.39. The van der Waals surface area contributed by atoms with Gasteiger partial charge in [-0.1, -0.05) is 113 Å². The lowest BCUT2D eigenvalue weighted by Gasteiger charge is -2.40. The number of nitrogens with zero attached hydrogens (tertiary/aromatic N) is 2. The Hall–Kier alpha value is -7.84. The van der Waals surface area contributed by atoms with Gasteiger partial charge in [-0.2, -0.15) is 0 Å². The van der Waals surface area contributed by atoms with E-state index in [0.717, 1.165) is 92.0 Å². The molecule has 6 aromatic rings. The average molecular weight is 1050 g/mol. The van der Waals surface area contributed by atoms with E-state index in [-0.39, 0.29) is 5.41 Å². The summed E-state index contributed by atoms with van der Waals surface area (Å²) in [5, 5.41) is 7.61. The van der Waals surface area contributed by atoms with Crippen LogP contribution in [0.5, 0.6) is 23.0 Å². The second-order valence-corrected chi connectivity index (χ2v) is 24.0. The molecule has 79 heavy (non-hydrogen) atoms. The molecule has 14 rings (SSSR count). The first-order chi connectivity index (χ1) is 38.5. The molecule has 2 N–H and O–H groups in total. The lowest BCUT2D eigenvalue weighted by molar-refractivity contribution is 0.103. The van der Waals surface area contributed by atoms with E-state index in [9.17, 15) is 0 Å². The fourth-order valence-corrected chi connectivity index (χ4v) is 14.2. The quantitative estimate of drug-likeness (QED) is 0.141. The predicted molar refractivity (Wildman–Crippen MR) is 321 cm³/mol. The number of anilines is 6. The molecule has 0 radical (unpaired) electrons. The number of rotatable bonds is 10. The van der Waals surface area contributed by atoms with Gasteiger partial charge in [-0.05, 0) is 159 Å². The Morgan fingerprint density at radius 3 is 1.30 bits per heavy atom. The third-order valence-electron chi connectivity index (χ3n) is 19.1. The van der Waals surface area contributed by atoms with Crippen LogP contribution in [-0.4, -0.2) is 26.2 Å². The number of fused-ring (bicyclic) bond motifs is 12. The molecule has 2 atom stereocenters. The van der Waals surface area contributed by atoms with Gasteiger partial charge in [-0.3, -0.25) is 0 Å². The molecule has 0 bridgehead atoms. The average Bonchev–Trinajstić information content (AvgIpc) is 4.01. The van der Waals surface area contributed by atoms with E-state index >= 15 is 0 Å². The van der Waals surface area contributed by atoms with E-state index in [1.54, 1.807) is 0 Å². The van der Waals surface area contributed by atoms with Crippen LogP contribution in [0.4, 0.5) is 34.1 Å². The number of hydrogen-bond acceptors (Lipinski definition) is 8. The number of benzene rings is 6. The van der Waals surface area contributed by atoms with Gasteiger partial charge in [0.2, 0.25) is 0 Å². The zero-order valence-electron chi connectivity index (χ0n) is 46.7. The SMILES string of the molecule is Cc1cc2c(cc1Nc1ccc(C(C)(C)c3ccc(Nc4cc5c(cc4C)Oc4cc(N(C)C6CCCCC6)ccc4C54OC=C5CC=CC=C54)cc3)cc1)C1(OC=C3CC=CC=C31)c1ccc(N(C)C3CCCCC3)cc1O2. The van der Waals surface area contributed by atoms with E-state index < -0.39 is 11.2 Å². The highest BCUT2D eigenvalue weighted by atomic mass is 16.5. The van der Waals surface area contributed by atoms with Crippen molar-refractivity contribution < 1.29 is 18.9 Å². The molecule has 2 fully saturated rings. The standard InChI is InChI=1S/C71H72N4O4/c1-45-37-65-61(70(57-23-15-13-17-47(57)43-76-70)59-35-33-55(39-67(59)78-65)74(5)53-19-9-7-10-20-53)41-63(45)72-51-29-25-49(26-30-51)69(3,4)50-27-31-52(32-28-50)73-64-42-62-66(38-46(64)2)79-68-40-56(75(6)54-21-11-8-12-22-54)34-36-60(68)71(62)58-24-16-14-18-48(58)44-77-71/h13-16,23-44,53-54,72-73H,7-12,17-22H2,1-6H3. The van der Waals surface area contributed by atoms with Crippen LogP contribution in [0.2, 0.25) is 0 Å². The topological polar surface area (TPSA) is 67.5 Å². The minimum Gasteiger partial charge on any atom is -0.480 e. The van der Waals surface area contributed by atoms with Crippen LogP contribution in [0.3, 0.4) is 0 Å². The summed E-state index contributed by atoms with van der Waals surface area (Å²) in [4.78, 5) is 4.92. The Balaban J connectivity index is 0.707. The van der Waals surface area contributed by atoms with Crippen molar-refractivity contribution in [2.45, 2.75) is 133 Å². The molecule has 0 amide bonds. The Labute approximate surface area is 466 Å². The van der Waals surface area contributed by atoms with Crippen molar-refractivity contribution in [3.05, 3.63) is 225 Å². The van der Waals surface area contributed by atoms with Gasteiger partial charge in [-0.15, -0.1) is 0 Å². The summed E-state index contributed by atoms with van der Waals surface area (Å²) in [5.41, 5.74) is 18.1.